The van der Waals surface area contributed by atoms with E-state index in [1.165, 1.54) is 0 Å². The molecule has 146 valence electrons. The Hall–Kier alpha value is -4.25. The minimum atomic E-state index is -0.345. The fourth-order valence-corrected chi connectivity index (χ4v) is 3.03. The number of carbonyl (C=O) groups is 1. The Balaban J connectivity index is 1.52. The molecule has 1 heterocycles. The van der Waals surface area contributed by atoms with Gasteiger partial charge in [0.15, 0.2) is 0 Å². The van der Waals surface area contributed by atoms with Crippen molar-refractivity contribution in [1.29, 1.82) is 0 Å². The third-order valence-corrected chi connectivity index (χ3v) is 4.46. The van der Waals surface area contributed by atoms with Crippen molar-refractivity contribution in [2.75, 3.05) is 4.90 Å². The number of nitrogens with one attached hydrogen (secondary N) is 1. The highest BCUT2D eigenvalue weighted by atomic mass is 16.2. The quantitative estimate of drug-likeness (QED) is 0.357. The third-order valence-electron chi connectivity index (χ3n) is 4.46. The van der Waals surface area contributed by atoms with E-state index < -0.39 is 0 Å². The summed E-state index contributed by atoms with van der Waals surface area (Å²) in [5.74, 6) is -0.345. The molecule has 0 radical (unpaired) electrons. The molecule has 0 unspecified atom stereocenters. The molecule has 1 N–H and O–H groups in total. The van der Waals surface area contributed by atoms with Crippen LogP contribution in [0.3, 0.4) is 0 Å². The van der Waals surface area contributed by atoms with Crippen molar-refractivity contribution in [3.8, 4) is 0 Å². The number of para-hydroxylation sites is 2. The van der Waals surface area contributed by atoms with Crippen molar-refractivity contribution in [1.82, 2.24) is 10.4 Å². The molecule has 5 nitrogen and oxygen atoms in total. The minimum Gasteiger partial charge on any atom is -0.311 e. The second-order valence-corrected chi connectivity index (χ2v) is 6.51. The number of hydrogen-bond donors (Lipinski definition) is 1. The van der Waals surface area contributed by atoms with Crippen LogP contribution in [-0.4, -0.2) is 17.1 Å². The van der Waals surface area contributed by atoms with Gasteiger partial charge in [0, 0.05) is 23.3 Å². The van der Waals surface area contributed by atoms with Crippen LogP contribution in [0.15, 0.2) is 114 Å². The first-order chi connectivity index (χ1) is 14.8. The van der Waals surface area contributed by atoms with E-state index in [0.717, 1.165) is 22.6 Å². The lowest BCUT2D eigenvalue weighted by atomic mass is 10.1. The maximum absolute atomic E-state index is 12.0. The molecule has 1 aromatic heterocycles. The number of amides is 1. The fourth-order valence-electron chi connectivity index (χ4n) is 3.03. The van der Waals surface area contributed by atoms with E-state index in [-0.39, 0.29) is 5.91 Å². The molecule has 0 saturated carbocycles. The van der Waals surface area contributed by atoms with Gasteiger partial charge in [0.1, 0.15) is 5.69 Å². The molecule has 4 rings (SSSR count). The molecule has 0 aliphatic carbocycles. The van der Waals surface area contributed by atoms with E-state index in [1.54, 1.807) is 30.6 Å². The van der Waals surface area contributed by atoms with Crippen LogP contribution >= 0.6 is 0 Å². The number of nitrogens with zero attached hydrogens (tertiary/aromatic N) is 3. The van der Waals surface area contributed by atoms with Gasteiger partial charge in [-0.2, -0.15) is 5.10 Å². The number of anilines is 3. The van der Waals surface area contributed by atoms with Crippen LogP contribution in [-0.2, 0) is 0 Å². The van der Waals surface area contributed by atoms with E-state index in [1.807, 2.05) is 60.7 Å². The highest BCUT2D eigenvalue weighted by Gasteiger charge is 2.11. The summed E-state index contributed by atoms with van der Waals surface area (Å²) in [6.45, 7) is 0. The summed E-state index contributed by atoms with van der Waals surface area (Å²) in [6, 6.07) is 33.6. The van der Waals surface area contributed by atoms with Crippen molar-refractivity contribution in [3.63, 3.8) is 0 Å². The molecule has 4 aromatic rings. The van der Waals surface area contributed by atoms with E-state index in [4.69, 9.17) is 0 Å². The molecule has 3 aromatic carbocycles. The number of rotatable bonds is 6. The first kappa shape index (κ1) is 19.1. The van der Waals surface area contributed by atoms with Gasteiger partial charge >= 0.3 is 0 Å². The summed E-state index contributed by atoms with van der Waals surface area (Å²) in [5.41, 5.74) is 6.88. The number of hydrogen-bond acceptors (Lipinski definition) is 4. The Bertz CT molecular complexity index is 1070. The highest BCUT2D eigenvalue weighted by molar-refractivity contribution is 5.93. The summed E-state index contributed by atoms with van der Waals surface area (Å²) in [5, 5.41) is 4.03. The Kier molecular flexibility index (Phi) is 5.91. The number of aromatic nitrogens is 1. The topological polar surface area (TPSA) is 57.6 Å². The van der Waals surface area contributed by atoms with Gasteiger partial charge in [0.05, 0.1) is 6.21 Å². The van der Waals surface area contributed by atoms with Crippen LogP contribution in [0.5, 0.6) is 0 Å². The number of pyridine rings is 1. The standard InChI is InChI=1S/C25H20N4O/c30-25(24-13-7-8-18-26-24)28-27-19-20-14-16-23(17-15-20)29(21-9-3-1-4-10-21)22-11-5-2-6-12-22/h1-19H,(H,28,30)/b27-19+. The average Bonchev–Trinajstić information content (AvgIpc) is 2.82. The maximum atomic E-state index is 12.0. The normalized spacial score (nSPS) is 10.7. The summed E-state index contributed by atoms with van der Waals surface area (Å²) >= 11 is 0. The van der Waals surface area contributed by atoms with Gasteiger partial charge in [-0.15, -0.1) is 0 Å². The van der Waals surface area contributed by atoms with Crippen LogP contribution < -0.4 is 10.3 Å². The summed E-state index contributed by atoms with van der Waals surface area (Å²) in [6.07, 6.45) is 3.18. The monoisotopic (exact) mass is 392 g/mol. The van der Waals surface area contributed by atoms with Crippen molar-refractivity contribution < 1.29 is 4.79 Å². The second kappa shape index (κ2) is 9.30. The molecule has 0 bridgehead atoms. The Labute approximate surface area is 175 Å². The number of hydrazone groups is 1. The molecular formula is C25H20N4O. The lowest BCUT2D eigenvalue weighted by Crippen LogP contribution is -2.18. The van der Waals surface area contributed by atoms with Crippen LogP contribution in [0.2, 0.25) is 0 Å². The molecule has 30 heavy (non-hydrogen) atoms. The van der Waals surface area contributed by atoms with Crippen molar-refractivity contribution in [2.24, 2.45) is 5.10 Å². The van der Waals surface area contributed by atoms with E-state index in [0.29, 0.717) is 5.69 Å². The Morgan fingerprint density at radius 3 is 1.87 bits per heavy atom. The zero-order valence-corrected chi connectivity index (χ0v) is 16.2. The average molecular weight is 392 g/mol. The van der Waals surface area contributed by atoms with E-state index in [9.17, 15) is 4.79 Å². The Morgan fingerprint density at radius 2 is 1.30 bits per heavy atom. The van der Waals surface area contributed by atoms with Gasteiger partial charge in [0.2, 0.25) is 0 Å². The van der Waals surface area contributed by atoms with Crippen LogP contribution in [0.1, 0.15) is 16.1 Å². The lowest BCUT2D eigenvalue weighted by molar-refractivity contribution is 0.0950. The molecule has 0 aliphatic heterocycles. The van der Waals surface area contributed by atoms with Gasteiger partial charge < -0.3 is 4.90 Å². The second-order valence-electron chi connectivity index (χ2n) is 6.51. The van der Waals surface area contributed by atoms with Crippen LogP contribution in [0.4, 0.5) is 17.1 Å². The number of benzene rings is 3. The molecular weight excluding hydrogens is 372 g/mol. The zero-order valence-electron chi connectivity index (χ0n) is 16.2. The molecule has 0 fully saturated rings. The molecule has 0 saturated heterocycles. The predicted molar refractivity (Wildman–Crippen MR) is 120 cm³/mol. The smallest absolute Gasteiger partial charge is 0.289 e. The van der Waals surface area contributed by atoms with Gasteiger partial charge in [0.25, 0.3) is 5.91 Å². The first-order valence-electron chi connectivity index (χ1n) is 9.56. The minimum absolute atomic E-state index is 0.325. The molecule has 5 heteroatoms. The van der Waals surface area contributed by atoms with Crippen molar-refractivity contribution in [3.05, 3.63) is 121 Å². The molecule has 0 aliphatic rings. The zero-order chi connectivity index (χ0) is 20.6. The predicted octanol–water partition coefficient (Wildman–Crippen LogP) is 5.32. The van der Waals surface area contributed by atoms with Gasteiger partial charge in [-0.25, -0.2) is 5.43 Å². The Morgan fingerprint density at radius 1 is 0.733 bits per heavy atom. The van der Waals surface area contributed by atoms with E-state index in [2.05, 4.69) is 44.7 Å². The molecule has 1 amide bonds. The van der Waals surface area contributed by atoms with Crippen LogP contribution in [0.25, 0.3) is 0 Å². The van der Waals surface area contributed by atoms with Gasteiger partial charge in [-0.05, 0) is 54.1 Å². The van der Waals surface area contributed by atoms with Crippen molar-refractivity contribution in [2.45, 2.75) is 0 Å². The maximum Gasteiger partial charge on any atom is 0.289 e. The SMILES string of the molecule is O=C(N/N=C/c1ccc(N(c2ccccc2)c2ccccc2)cc1)c1ccccn1. The summed E-state index contributed by atoms with van der Waals surface area (Å²) in [7, 11) is 0. The van der Waals surface area contributed by atoms with E-state index >= 15 is 0 Å². The molecule has 0 atom stereocenters. The first-order valence-corrected chi connectivity index (χ1v) is 9.56. The summed E-state index contributed by atoms with van der Waals surface area (Å²) < 4.78 is 0. The van der Waals surface area contributed by atoms with Gasteiger partial charge in [-0.1, -0.05) is 54.6 Å². The largest absolute Gasteiger partial charge is 0.311 e. The lowest BCUT2D eigenvalue weighted by Gasteiger charge is -2.25. The number of carbonyl (C=O) groups excluding carboxylic acids is 1. The summed E-state index contributed by atoms with van der Waals surface area (Å²) in [4.78, 5) is 18.2. The highest BCUT2D eigenvalue weighted by Crippen LogP contribution is 2.33. The third kappa shape index (κ3) is 4.59. The fraction of sp³-hybridized carbons (Fsp3) is 0. The van der Waals surface area contributed by atoms with Gasteiger partial charge in [-0.3, -0.25) is 9.78 Å². The van der Waals surface area contributed by atoms with Crippen molar-refractivity contribution >= 4 is 29.2 Å². The van der Waals surface area contributed by atoms with Crippen LogP contribution in [0, 0.1) is 0 Å². The molecule has 0 spiro atoms.